The third kappa shape index (κ3) is 3.87. The van der Waals surface area contributed by atoms with E-state index in [9.17, 15) is 4.79 Å². The van der Waals surface area contributed by atoms with E-state index < -0.39 is 0 Å². The lowest BCUT2D eigenvalue weighted by molar-refractivity contribution is 0.249. The van der Waals surface area contributed by atoms with E-state index in [1.807, 2.05) is 91.0 Å². The highest BCUT2D eigenvalue weighted by Gasteiger charge is 2.16. The molecule has 0 radical (unpaired) electrons. The molecule has 0 aliphatic rings. The fourth-order valence-electron chi connectivity index (χ4n) is 2.29. The number of anilines is 2. The third-order valence-electron chi connectivity index (χ3n) is 3.41. The molecule has 0 saturated carbocycles. The molecule has 1 N–H and O–H groups in total. The van der Waals surface area contributed by atoms with Gasteiger partial charge < -0.3 is 0 Å². The van der Waals surface area contributed by atoms with Crippen LogP contribution in [0.1, 0.15) is 5.56 Å². The van der Waals surface area contributed by atoms with Gasteiger partial charge in [-0.05, 0) is 29.8 Å². The molecule has 118 valence electrons. The van der Waals surface area contributed by atoms with Crippen LogP contribution in [0.15, 0.2) is 96.1 Å². The third-order valence-corrected chi connectivity index (χ3v) is 3.41. The SMILES string of the molecule is O=C(N/N=C/c1ccccc1)N(c1ccccc1)c1ccccc1. The van der Waals surface area contributed by atoms with Gasteiger partial charge in [0.05, 0.1) is 17.6 Å². The van der Waals surface area contributed by atoms with Crippen LogP contribution in [0, 0.1) is 0 Å². The van der Waals surface area contributed by atoms with Gasteiger partial charge in [0.25, 0.3) is 0 Å². The normalized spacial score (nSPS) is 10.5. The Hall–Kier alpha value is -3.40. The second-order valence-electron chi connectivity index (χ2n) is 5.09. The van der Waals surface area contributed by atoms with E-state index in [0.717, 1.165) is 16.9 Å². The summed E-state index contributed by atoms with van der Waals surface area (Å²) in [6, 6.07) is 28.2. The number of nitrogens with zero attached hydrogens (tertiary/aromatic N) is 2. The predicted molar refractivity (Wildman–Crippen MR) is 97.6 cm³/mol. The summed E-state index contributed by atoms with van der Waals surface area (Å²) in [5.41, 5.74) is 5.05. The Bertz CT molecular complexity index is 763. The average molecular weight is 315 g/mol. The number of carbonyl (C=O) groups is 1. The summed E-state index contributed by atoms with van der Waals surface area (Å²) in [7, 11) is 0. The molecule has 3 aromatic carbocycles. The maximum Gasteiger partial charge on any atom is 0.346 e. The van der Waals surface area contributed by atoms with Crippen LogP contribution in [-0.4, -0.2) is 12.2 Å². The molecular weight excluding hydrogens is 298 g/mol. The summed E-state index contributed by atoms with van der Waals surface area (Å²) in [6.07, 6.45) is 1.62. The molecule has 2 amide bonds. The van der Waals surface area contributed by atoms with E-state index in [1.54, 1.807) is 11.1 Å². The van der Waals surface area contributed by atoms with Gasteiger partial charge in [-0.1, -0.05) is 66.7 Å². The number of para-hydroxylation sites is 2. The molecule has 0 aromatic heterocycles. The van der Waals surface area contributed by atoms with Crippen LogP contribution in [0.5, 0.6) is 0 Å². The van der Waals surface area contributed by atoms with E-state index >= 15 is 0 Å². The molecule has 0 heterocycles. The summed E-state index contributed by atoms with van der Waals surface area (Å²) in [6.45, 7) is 0. The predicted octanol–water partition coefficient (Wildman–Crippen LogP) is 4.57. The van der Waals surface area contributed by atoms with E-state index in [-0.39, 0.29) is 6.03 Å². The zero-order valence-electron chi connectivity index (χ0n) is 13.0. The molecule has 0 aliphatic carbocycles. The first-order valence-electron chi connectivity index (χ1n) is 7.63. The van der Waals surface area contributed by atoms with Gasteiger partial charge in [0.2, 0.25) is 0 Å². The number of hydrogen-bond acceptors (Lipinski definition) is 2. The number of nitrogens with one attached hydrogen (secondary N) is 1. The molecule has 0 atom stereocenters. The van der Waals surface area contributed by atoms with Crippen molar-refractivity contribution < 1.29 is 4.79 Å². The van der Waals surface area contributed by atoms with Crippen molar-refractivity contribution in [3.63, 3.8) is 0 Å². The van der Waals surface area contributed by atoms with Gasteiger partial charge in [-0.15, -0.1) is 0 Å². The molecule has 0 fully saturated rings. The van der Waals surface area contributed by atoms with Gasteiger partial charge in [-0.25, -0.2) is 10.2 Å². The molecule has 0 bridgehead atoms. The van der Waals surface area contributed by atoms with Gasteiger partial charge in [0, 0.05) is 0 Å². The minimum absolute atomic E-state index is 0.320. The highest BCUT2D eigenvalue weighted by Crippen LogP contribution is 2.24. The Morgan fingerprint density at radius 1 is 0.750 bits per heavy atom. The Balaban J connectivity index is 1.81. The van der Waals surface area contributed by atoms with Crippen molar-refractivity contribution in [1.29, 1.82) is 0 Å². The second kappa shape index (κ2) is 7.74. The number of benzene rings is 3. The molecule has 24 heavy (non-hydrogen) atoms. The van der Waals surface area contributed by atoms with Gasteiger partial charge in [-0.3, -0.25) is 4.90 Å². The Kier molecular flexibility index (Phi) is 5.00. The Morgan fingerprint density at radius 3 is 1.71 bits per heavy atom. The molecule has 3 rings (SSSR count). The maximum atomic E-state index is 12.6. The number of amides is 2. The maximum absolute atomic E-state index is 12.6. The van der Waals surface area contributed by atoms with Crippen LogP contribution in [0.4, 0.5) is 16.2 Å². The number of hydrogen-bond donors (Lipinski definition) is 1. The molecular formula is C20H17N3O. The molecule has 3 aromatic rings. The first kappa shape index (κ1) is 15.5. The monoisotopic (exact) mass is 315 g/mol. The van der Waals surface area contributed by atoms with E-state index in [1.165, 1.54) is 0 Å². The van der Waals surface area contributed by atoms with Crippen LogP contribution in [0.3, 0.4) is 0 Å². The molecule has 0 saturated heterocycles. The Labute approximate surface area is 141 Å². The summed E-state index contributed by atoms with van der Waals surface area (Å²) < 4.78 is 0. The quantitative estimate of drug-likeness (QED) is 0.556. The average Bonchev–Trinajstić information content (AvgIpc) is 2.65. The first-order chi connectivity index (χ1) is 11.8. The van der Waals surface area contributed by atoms with E-state index in [0.29, 0.717) is 0 Å². The highest BCUT2D eigenvalue weighted by molar-refractivity contribution is 5.99. The number of urea groups is 1. The topological polar surface area (TPSA) is 44.7 Å². The first-order valence-corrected chi connectivity index (χ1v) is 7.63. The van der Waals surface area contributed by atoms with E-state index in [4.69, 9.17) is 0 Å². The van der Waals surface area contributed by atoms with Crippen molar-refractivity contribution in [2.24, 2.45) is 5.10 Å². The zero-order chi connectivity index (χ0) is 16.6. The van der Waals surface area contributed by atoms with Crippen molar-refractivity contribution in [3.05, 3.63) is 96.6 Å². The molecule has 0 aliphatic heterocycles. The summed E-state index contributed by atoms with van der Waals surface area (Å²) >= 11 is 0. The van der Waals surface area contributed by atoms with E-state index in [2.05, 4.69) is 10.5 Å². The summed E-state index contributed by atoms with van der Waals surface area (Å²) in [5.74, 6) is 0. The largest absolute Gasteiger partial charge is 0.346 e. The number of rotatable bonds is 4. The lowest BCUT2D eigenvalue weighted by Gasteiger charge is -2.22. The molecule has 0 spiro atoms. The lowest BCUT2D eigenvalue weighted by Crippen LogP contribution is -2.34. The van der Waals surface area contributed by atoms with Crippen molar-refractivity contribution in [3.8, 4) is 0 Å². The van der Waals surface area contributed by atoms with Crippen molar-refractivity contribution in [2.45, 2.75) is 0 Å². The van der Waals surface area contributed by atoms with Crippen LogP contribution < -0.4 is 10.3 Å². The van der Waals surface area contributed by atoms with Crippen LogP contribution in [0.25, 0.3) is 0 Å². The molecule has 4 heteroatoms. The number of hydrazone groups is 1. The minimum Gasteiger partial charge on any atom is -0.262 e. The minimum atomic E-state index is -0.320. The van der Waals surface area contributed by atoms with Crippen molar-refractivity contribution in [2.75, 3.05) is 4.90 Å². The standard InChI is InChI=1S/C20H17N3O/c24-20(22-21-16-17-10-4-1-5-11-17)23(18-12-6-2-7-13-18)19-14-8-3-9-15-19/h1-16H,(H,22,24)/b21-16+. The number of carbonyl (C=O) groups excluding carboxylic acids is 1. The fraction of sp³-hybridized carbons (Fsp3) is 0. The van der Waals surface area contributed by atoms with Crippen molar-refractivity contribution in [1.82, 2.24) is 5.43 Å². The van der Waals surface area contributed by atoms with Gasteiger partial charge >= 0.3 is 6.03 Å². The summed E-state index contributed by atoms with van der Waals surface area (Å²) in [4.78, 5) is 14.2. The lowest BCUT2D eigenvalue weighted by atomic mass is 10.2. The zero-order valence-corrected chi connectivity index (χ0v) is 13.0. The Morgan fingerprint density at radius 2 is 1.21 bits per heavy atom. The van der Waals surface area contributed by atoms with Gasteiger partial charge in [-0.2, -0.15) is 5.10 Å². The van der Waals surface area contributed by atoms with Gasteiger partial charge in [0.15, 0.2) is 0 Å². The molecule has 0 unspecified atom stereocenters. The smallest absolute Gasteiger partial charge is 0.262 e. The van der Waals surface area contributed by atoms with Crippen LogP contribution >= 0.6 is 0 Å². The van der Waals surface area contributed by atoms with Crippen LogP contribution in [-0.2, 0) is 0 Å². The van der Waals surface area contributed by atoms with Crippen LogP contribution in [0.2, 0.25) is 0 Å². The second-order valence-corrected chi connectivity index (χ2v) is 5.09. The fourth-order valence-corrected chi connectivity index (χ4v) is 2.29. The van der Waals surface area contributed by atoms with Gasteiger partial charge in [0.1, 0.15) is 0 Å². The highest BCUT2D eigenvalue weighted by atomic mass is 16.2. The van der Waals surface area contributed by atoms with Crippen molar-refractivity contribution >= 4 is 23.6 Å². The summed E-state index contributed by atoms with van der Waals surface area (Å²) in [5, 5.41) is 4.05. The molecule has 4 nitrogen and oxygen atoms in total.